The van der Waals surface area contributed by atoms with Gasteiger partial charge in [0.2, 0.25) is 11.0 Å². The third-order valence-corrected chi connectivity index (χ3v) is 4.17. The Hall–Kier alpha value is -2.04. The van der Waals surface area contributed by atoms with Gasteiger partial charge in [-0.15, -0.1) is 0 Å². The van der Waals surface area contributed by atoms with Gasteiger partial charge >= 0.3 is 10.1 Å². The summed E-state index contributed by atoms with van der Waals surface area (Å²) in [5.41, 5.74) is 5.70. The minimum Gasteiger partial charge on any atom is -0.396 e. The first-order valence-corrected chi connectivity index (χ1v) is 7.61. The van der Waals surface area contributed by atoms with Crippen LogP contribution in [0.3, 0.4) is 0 Å². The Labute approximate surface area is 119 Å². The van der Waals surface area contributed by atoms with E-state index in [4.69, 9.17) is 10.8 Å². The van der Waals surface area contributed by atoms with Gasteiger partial charge in [-0.05, 0) is 6.42 Å². The average molecular weight is 311 g/mol. The number of anilines is 1. The molecular weight excluding hydrogens is 298 g/mol. The number of fused-ring (bicyclic) bond motifs is 1. The number of hydrogen-bond donors (Lipinski definition) is 3. The smallest absolute Gasteiger partial charge is 0.314 e. The summed E-state index contributed by atoms with van der Waals surface area (Å²) in [6.45, 7) is 0.0347. The van der Waals surface area contributed by atoms with E-state index in [1.54, 1.807) is 4.57 Å². The van der Waals surface area contributed by atoms with E-state index in [0.717, 1.165) is 0 Å². The van der Waals surface area contributed by atoms with E-state index in [1.165, 1.54) is 6.33 Å². The highest BCUT2D eigenvalue weighted by Gasteiger charge is 2.26. The number of nitrogens with two attached hydrogens (primary N) is 1. The maximum Gasteiger partial charge on any atom is 0.314 e. The maximum atomic E-state index is 11.3. The molecule has 0 aromatic carbocycles. The molecule has 9 nitrogen and oxygen atoms in total. The van der Waals surface area contributed by atoms with Gasteiger partial charge in [0.25, 0.3) is 0 Å². The van der Waals surface area contributed by atoms with Crippen molar-refractivity contribution in [1.82, 2.24) is 19.5 Å². The van der Waals surface area contributed by atoms with Crippen molar-refractivity contribution in [3.63, 3.8) is 0 Å². The number of rotatable bonds is 3. The zero-order valence-electron chi connectivity index (χ0n) is 10.8. The highest BCUT2D eigenvalue weighted by molar-refractivity contribution is 7.86. The molecule has 0 bridgehead atoms. The lowest BCUT2D eigenvalue weighted by molar-refractivity contribution is 0.244. The van der Waals surface area contributed by atoms with Crippen LogP contribution in [-0.2, 0) is 10.1 Å². The first kappa shape index (κ1) is 13.9. The first-order chi connectivity index (χ1) is 9.90. The number of imidazole rings is 1. The van der Waals surface area contributed by atoms with Crippen molar-refractivity contribution in [3.8, 4) is 0 Å². The topological polar surface area (TPSA) is 144 Å². The fraction of sp³-hybridized carbons (Fsp3) is 0.364. The predicted octanol–water partition coefficient (Wildman–Crippen LogP) is -0.235. The van der Waals surface area contributed by atoms with Gasteiger partial charge in [-0.25, -0.2) is 4.98 Å². The summed E-state index contributed by atoms with van der Waals surface area (Å²) < 4.78 is 33.5. The molecule has 1 aliphatic rings. The Morgan fingerprint density at radius 3 is 2.76 bits per heavy atom. The van der Waals surface area contributed by atoms with Crippen LogP contribution in [0.5, 0.6) is 0 Å². The van der Waals surface area contributed by atoms with Crippen LogP contribution in [0, 0.1) is 5.92 Å². The van der Waals surface area contributed by atoms with Crippen molar-refractivity contribution in [2.75, 3.05) is 12.3 Å². The van der Waals surface area contributed by atoms with Crippen LogP contribution in [0.15, 0.2) is 23.5 Å². The fourth-order valence-electron chi connectivity index (χ4n) is 2.42. The zero-order valence-corrected chi connectivity index (χ0v) is 11.6. The van der Waals surface area contributed by atoms with E-state index in [2.05, 4.69) is 15.0 Å². The third kappa shape index (κ3) is 2.37. The minimum absolute atomic E-state index is 0.0347. The summed E-state index contributed by atoms with van der Waals surface area (Å²) in [4.78, 5) is 11.5. The molecule has 2 aromatic heterocycles. The highest BCUT2D eigenvalue weighted by atomic mass is 32.2. The molecule has 2 unspecified atom stereocenters. The average Bonchev–Trinajstić information content (AvgIpc) is 3.01. The number of aliphatic hydroxyl groups excluding tert-OH is 1. The van der Waals surface area contributed by atoms with Crippen molar-refractivity contribution in [3.05, 3.63) is 18.5 Å². The van der Waals surface area contributed by atoms with Crippen molar-refractivity contribution in [1.29, 1.82) is 0 Å². The van der Waals surface area contributed by atoms with Crippen LogP contribution >= 0.6 is 0 Å². The first-order valence-electron chi connectivity index (χ1n) is 6.17. The van der Waals surface area contributed by atoms with Crippen LogP contribution in [0.25, 0.3) is 11.2 Å². The van der Waals surface area contributed by atoms with Crippen LogP contribution in [0.4, 0.5) is 5.95 Å². The quantitative estimate of drug-likeness (QED) is 0.400. The van der Waals surface area contributed by atoms with Gasteiger partial charge in [-0.2, -0.15) is 18.4 Å². The molecule has 4 N–H and O–H groups in total. The Morgan fingerprint density at radius 1 is 1.38 bits per heavy atom. The van der Waals surface area contributed by atoms with Crippen LogP contribution in [0.2, 0.25) is 0 Å². The van der Waals surface area contributed by atoms with Gasteiger partial charge in [0, 0.05) is 12.5 Å². The lowest BCUT2D eigenvalue weighted by atomic mass is 10.1. The second-order valence-corrected chi connectivity index (χ2v) is 6.15. The number of hydrogen-bond acceptors (Lipinski definition) is 7. The number of allylic oxidation sites excluding steroid dienone is 1. The molecule has 2 aromatic rings. The van der Waals surface area contributed by atoms with Gasteiger partial charge in [-0.3, -0.25) is 4.55 Å². The van der Waals surface area contributed by atoms with Gasteiger partial charge in [-0.1, -0.05) is 12.2 Å². The number of aromatic nitrogens is 4. The zero-order chi connectivity index (χ0) is 15.2. The molecule has 0 amide bonds. The van der Waals surface area contributed by atoms with Crippen LogP contribution in [0.1, 0.15) is 12.5 Å². The molecule has 0 saturated carbocycles. The van der Waals surface area contributed by atoms with E-state index < -0.39 is 15.1 Å². The second-order valence-electron chi connectivity index (χ2n) is 4.82. The Balaban J connectivity index is 2.15. The largest absolute Gasteiger partial charge is 0.396 e. The van der Waals surface area contributed by atoms with Gasteiger partial charge in [0.15, 0.2) is 5.65 Å². The molecule has 10 heteroatoms. The van der Waals surface area contributed by atoms with Crippen molar-refractivity contribution in [2.45, 2.75) is 17.5 Å². The Bertz CT molecular complexity index is 828. The normalized spacial score (nSPS) is 22.2. The predicted molar refractivity (Wildman–Crippen MR) is 72.9 cm³/mol. The Morgan fingerprint density at radius 2 is 2.14 bits per heavy atom. The van der Waals surface area contributed by atoms with Crippen LogP contribution < -0.4 is 5.73 Å². The summed E-state index contributed by atoms with van der Waals surface area (Å²) in [6.07, 6.45) is 5.83. The van der Waals surface area contributed by atoms with Crippen LogP contribution in [-0.4, -0.2) is 44.2 Å². The molecule has 0 aliphatic heterocycles. The molecule has 2 atom stereocenters. The summed E-state index contributed by atoms with van der Waals surface area (Å²) in [5.74, 6) is -0.231. The van der Waals surface area contributed by atoms with Gasteiger partial charge in [0.05, 0.1) is 12.4 Å². The van der Waals surface area contributed by atoms with E-state index in [-0.39, 0.29) is 35.7 Å². The molecule has 3 rings (SSSR count). The SMILES string of the molecule is Nc1nc(S(=O)(=O)O)c2ncn(C3C=CC(CO)C3)c2n1. The van der Waals surface area contributed by atoms with E-state index >= 15 is 0 Å². The summed E-state index contributed by atoms with van der Waals surface area (Å²) in [5, 5.41) is 8.55. The van der Waals surface area contributed by atoms with Gasteiger partial charge in [0.1, 0.15) is 5.52 Å². The fourth-order valence-corrected chi connectivity index (χ4v) is 3.02. The highest BCUT2D eigenvalue weighted by Crippen LogP contribution is 2.30. The Kier molecular flexibility index (Phi) is 3.15. The van der Waals surface area contributed by atoms with E-state index in [9.17, 15) is 13.0 Å². The van der Waals surface area contributed by atoms with Crippen molar-refractivity contribution >= 4 is 27.2 Å². The molecular formula is C11H13N5O4S. The maximum absolute atomic E-state index is 11.3. The number of nitrogen functional groups attached to an aromatic ring is 1. The van der Waals surface area contributed by atoms with E-state index in [1.807, 2.05) is 12.2 Å². The minimum atomic E-state index is -4.54. The molecule has 21 heavy (non-hydrogen) atoms. The molecule has 1 aliphatic carbocycles. The molecule has 0 radical (unpaired) electrons. The monoisotopic (exact) mass is 311 g/mol. The second kappa shape index (κ2) is 4.76. The standard InChI is InChI=1S/C11H13N5O4S/c12-11-14-9-8(10(15-11)21(18,19)20)13-5-16(9)7-2-1-6(3-7)4-17/h1-2,5-7,17H,3-4H2,(H2,12,14,15)(H,18,19,20). The summed E-state index contributed by atoms with van der Waals surface area (Å²) in [6, 6.07) is -0.115. The number of aliphatic hydroxyl groups is 1. The molecule has 2 heterocycles. The molecule has 0 fully saturated rings. The van der Waals surface area contributed by atoms with Crippen molar-refractivity contribution < 1.29 is 18.1 Å². The molecule has 0 saturated heterocycles. The van der Waals surface area contributed by atoms with Gasteiger partial charge < -0.3 is 15.4 Å². The number of nitrogens with zero attached hydrogens (tertiary/aromatic N) is 4. The van der Waals surface area contributed by atoms with E-state index in [0.29, 0.717) is 6.42 Å². The summed E-state index contributed by atoms with van der Waals surface area (Å²) >= 11 is 0. The molecule has 112 valence electrons. The summed E-state index contributed by atoms with van der Waals surface area (Å²) in [7, 11) is -4.54. The van der Waals surface area contributed by atoms with Crippen molar-refractivity contribution in [2.24, 2.45) is 5.92 Å². The molecule has 0 spiro atoms. The third-order valence-electron chi connectivity index (χ3n) is 3.39. The lowest BCUT2D eigenvalue weighted by Gasteiger charge is -2.12. The lowest BCUT2D eigenvalue weighted by Crippen LogP contribution is -2.10.